The molecule has 0 heterocycles. The molecule has 0 unspecified atom stereocenters. The van der Waals surface area contributed by atoms with Crippen molar-refractivity contribution >= 4 is 46.7 Å². The van der Waals surface area contributed by atoms with E-state index in [2.05, 4.69) is 15.4 Å². The van der Waals surface area contributed by atoms with Gasteiger partial charge in [-0.2, -0.15) is 0 Å². The molecule has 0 aromatic heterocycles. The summed E-state index contributed by atoms with van der Waals surface area (Å²) >= 11 is 7.62. The lowest BCUT2D eigenvalue weighted by Gasteiger charge is -2.09. The fourth-order valence-corrected chi connectivity index (χ4v) is 2.45. The topological polar surface area (TPSA) is 67.4 Å². The van der Waals surface area contributed by atoms with Gasteiger partial charge in [-0.15, -0.1) is 11.8 Å². The van der Waals surface area contributed by atoms with Gasteiger partial charge in [-0.1, -0.05) is 11.6 Å². The van der Waals surface area contributed by atoms with Crippen LogP contribution >= 0.6 is 23.4 Å². The first-order valence-electron chi connectivity index (χ1n) is 6.63. The lowest BCUT2D eigenvalue weighted by molar-refractivity contribution is 0.102. The SMILES string of the molecule is COC(=O)Nc1ccc(NC(=O)c2cc(SC)ccc2Cl)cc1. The van der Waals surface area contributed by atoms with Crippen molar-refractivity contribution in [1.82, 2.24) is 0 Å². The van der Waals surface area contributed by atoms with E-state index in [4.69, 9.17) is 11.6 Å². The van der Waals surface area contributed by atoms with Crippen molar-refractivity contribution in [2.45, 2.75) is 4.90 Å². The van der Waals surface area contributed by atoms with Crippen LogP contribution in [0.1, 0.15) is 10.4 Å². The molecule has 0 saturated carbocycles. The second-order valence-electron chi connectivity index (χ2n) is 4.49. The zero-order valence-electron chi connectivity index (χ0n) is 12.6. The van der Waals surface area contributed by atoms with E-state index in [1.54, 1.807) is 36.4 Å². The number of halogens is 1. The molecular weight excluding hydrogens is 336 g/mol. The number of ether oxygens (including phenoxy) is 1. The summed E-state index contributed by atoms with van der Waals surface area (Å²) in [6.45, 7) is 0. The van der Waals surface area contributed by atoms with Crippen LogP contribution in [0.15, 0.2) is 47.4 Å². The number of nitrogens with one attached hydrogen (secondary N) is 2. The van der Waals surface area contributed by atoms with Crippen LogP contribution in [0.5, 0.6) is 0 Å². The Kier molecular flexibility index (Phi) is 5.90. The highest BCUT2D eigenvalue weighted by atomic mass is 35.5. The molecule has 7 heteroatoms. The van der Waals surface area contributed by atoms with Gasteiger partial charge in [0.25, 0.3) is 5.91 Å². The molecule has 2 aromatic rings. The van der Waals surface area contributed by atoms with Gasteiger partial charge >= 0.3 is 6.09 Å². The minimum atomic E-state index is -0.553. The van der Waals surface area contributed by atoms with Crippen LogP contribution in [0.2, 0.25) is 5.02 Å². The van der Waals surface area contributed by atoms with Gasteiger partial charge in [0, 0.05) is 16.3 Å². The van der Waals surface area contributed by atoms with Crippen LogP contribution in [0.3, 0.4) is 0 Å². The van der Waals surface area contributed by atoms with Crippen molar-refractivity contribution in [3.63, 3.8) is 0 Å². The van der Waals surface area contributed by atoms with Gasteiger partial charge in [0.2, 0.25) is 0 Å². The van der Waals surface area contributed by atoms with Crippen LogP contribution < -0.4 is 10.6 Å². The molecule has 0 saturated heterocycles. The molecule has 5 nitrogen and oxygen atoms in total. The lowest BCUT2D eigenvalue weighted by Crippen LogP contribution is -2.13. The lowest BCUT2D eigenvalue weighted by atomic mass is 10.2. The summed E-state index contributed by atoms with van der Waals surface area (Å²) in [5.74, 6) is -0.292. The third-order valence-electron chi connectivity index (χ3n) is 2.99. The molecule has 2 aromatic carbocycles. The maximum atomic E-state index is 12.3. The highest BCUT2D eigenvalue weighted by molar-refractivity contribution is 7.98. The van der Waals surface area contributed by atoms with Crippen LogP contribution in [0, 0.1) is 0 Å². The zero-order valence-corrected chi connectivity index (χ0v) is 14.1. The quantitative estimate of drug-likeness (QED) is 0.797. The van der Waals surface area contributed by atoms with E-state index in [0.29, 0.717) is 22.0 Å². The molecule has 0 bridgehead atoms. The normalized spacial score (nSPS) is 10.0. The number of benzene rings is 2. The van der Waals surface area contributed by atoms with E-state index >= 15 is 0 Å². The van der Waals surface area contributed by atoms with Gasteiger partial charge in [-0.25, -0.2) is 4.79 Å². The smallest absolute Gasteiger partial charge is 0.411 e. The molecule has 0 spiro atoms. The number of anilines is 2. The number of amides is 2. The van der Waals surface area contributed by atoms with Crippen molar-refractivity contribution in [3.8, 4) is 0 Å². The second kappa shape index (κ2) is 7.89. The van der Waals surface area contributed by atoms with Gasteiger partial charge in [-0.3, -0.25) is 10.1 Å². The largest absolute Gasteiger partial charge is 0.453 e. The highest BCUT2D eigenvalue weighted by Crippen LogP contribution is 2.24. The van der Waals surface area contributed by atoms with E-state index in [0.717, 1.165) is 4.90 Å². The Morgan fingerprint density at radius 3 is 2.22 bits per heavy atom. The summed E-state index contributed by atoms with van der Waals surface area (Å²) < 4.78 is 4.51. The Hall–Kier alpha value is -2.18. The molecule has 120 valence electrons. The molecule has 0 radical (unpaired) electrons. The van der Waals surface area contributed by atoms with Gasteiger partial charge in [0.15, 0.2) is 0 Å². The summed E-state index contributed by atoms with van der Waals surface area (Å²) in [5.41, 5.74) is 1.57. The van der Waals surface area contributed by atoms with E-state index in [9.17, 15) is 9.59 Å². The molecule has 2 N–H and O–H groups in total. The molecule has 23 heavy (non-hydrogen) atoms. The Morgan fingerprint density at radius 2 is 1.65 bits per heavy atom. The summed E-state index contributed by atoms with van der Waals surface area (Å²) in [6, 6.07) is 12.0. The molecule has 2 amide bonds. The minimum Gasteiger partial charge on any atom is -0.453 e. The van der Waals surface area contributed by atoms with Crippen LogP contribution in [-0.4, -0.2) is 25.4 Å². The standard InChI is InChI=1S/C16H15ClN2O3S/c1-22-16(21)19-11-5-3-10(4-6-11)18-15(20)13-9-12(23-2)7-8-14(13)17/h3-9H,1-2H3,(H,18,20)(H,19,21). The molecule has 0 atom stereocenters. The van der Waals surface area contributed by atoms with E-state index in [1.807, 2.05) is 12.3 Å². The van der Waals surface area contributed by atoms with E-state index in [1.165, 1.54) is 18.9 Å². The van der Waals surface area contributed by atoms with Gasteiger partial charge < -0.3 is 10.1 Å². The average molecular weight is 351 g/mol. The molecule has 0 aliphatic heterocycles. The number of carbonyl (C=O) groups excluding carboxylic acids is 2. The predicted molar refractivity (Wildman–Crippen MR) is 93.7 cm³/mol. The number of carbonyl (C=O) groups is 2. The van der Waals surface area contributed by atoms with Crippen LogP contribution in [0.4, 0.5) is 16.2 Å². The number of methoxy groups -OCH3 is 1. The summed E-state index contributed by atoms with van der Waals surface area (Å²) in [6.07, 6.45) is 1.38. The molecule has 2 rings (SSSR count). The van der Waals surface area contributed by atoms with Crippen molar-refractivity contribution in [1.29, 1.82) is 0 Å². The van der Waals surface area contributed by atoms with Crippen molar-refractivity contribution in [2.75, 3.05) is 24.0 Å². The first kappa shape index (κ1) is 17.2. The molecule has 0 aliphatic carbocycles. The number of rotatable bonds is 4. The number of thioether (sulfide) groups is 1. The number of hydrogen-bond donors (Lipinski definition) is 2. The van der Waals surface area contributed by atoms with Crippen LogP contribution in [-0.2, 0) is 4.74 Å². The molecular formula is C16H15ClN2O3S. The monoisotopic (exact) mass is 350 g/mol. The second-order valence-corrected chi connectivity index (χ2v) is 5.78. The van der Waals surface area contributed by atoms with Crippen LogP contribution in [0.25, 0.3) is 0 Å². The zero-order chi connectivity index (χ0) is 16.8. The van der Waals surface area contributed by atoms with E-state index < -0.39 is 6.09 Å². The fraction of sp³-hybridized carbons (Fsp3) is 0.125. The summed E-state index contributed by atoms with van der Waals surface area (Å²) in [4.78, 5) is 24.4. The van der Waals surface area contributed by atoms with Gasteiger partial charge in [0.1, 0.15) is 0 Å². The van der Waals surface area contributed by atoms with E-state index in [-0.39, 0.29) is 5.91 Å². The first-order chi connectivity index (χ1) is 11.0. The highest BCUT2D eigenvalue weighted by Gasteiger charge is 2.11. The summed E-state index contributed by atoms with van der Waals surface area (Å²) in [7, 11) is 1.29. The fourth-order valence-electron chi connectivity index (χ4n) is 1.81. The number of hydrogen-bond acceptors (Lipinski definition) is 4. The first-order valence-corrected chi connectivity index (χ1v) is 8.23. The molecule has 0 aliphatic rings. The molecule has 0 fully saturated rings. The third-order valence-corrected chi connectivity index (χ3v) is 4.05. The minimum absolute atomic E-state index is 0.292. The Balaban J connectivity index is 2.10. The van der Waals surface area contributed by atoms with Crippen molar-refractivity contribution in [3.05, 3.63) is 53.1 Å². The van der Waals surface area contributed by atoms with Gasteiger partial charge in [-0.05, 0) is 48.7 Å². The van der Waals surface area contributed by atoms with Crippen molar-refractivity contribution < 1.29 is 14.3 Å². The Bertz CT molecular complexity index is 720. The summed E-state index contributed by atoms with van der Waals surface area (Å²) in [5, 5.41) is 5.69. The predicted octanol–water partition coefficient (Wildman–Crippen LogP) is 4.49. The Labute approximate surface area is 143 Å². The Morgan fingerprint density at radius 1 is 1.04 bits per heavy atom. The third kappa shape index (κ3) is 4.64. The van der Waals surface area contributed by atoms with Crippen molar-refractivity contribution in [2.24, 2.45) is 0 Å². The maximum Gasteiger partial charge on any atom is 0.411 e. The van der Waals surface area contributed by atoms with Gasteiger partial charge in [0.05, 0.1) is 17.7 Å². The maximum absolute atomic E-state index is 12.3. The average Bonchev–Trinajstić information content (AvgIpc) is 2.56.